The summed E-state index contributed by atoms with van der Waals surface area (Å²) in [5, 5.41) is 3.55. The Morgan fingerprint density at radius 2 is 2.19 bits per heavy atom. The Morgan fingerprint density at radius 3 is 2.94 bits per heavy atom. The number of anilines is 1. The standard InChI is InChI=1S/C24H31N5O3/c1-32-21-13-17(8-10-26-21)19-12-20(24(31)27-14-19)28-23(16-6-7-16)18-4-3-11-29(15-18)22(30)5-2-9-25/h2,5,8,10,12-14,16,18,23,28H,3-4,6-7,9,11,15,25H2,1H3,(H,27,31)/b5-2+/t18?,23-/m1/s1. The van der Waals surface area contributed by atoms with Gasteiger partial charge in [0, 0.05) is 55.8 Å². The molecule has 0 aromatic carbocycles. The van der Waals surface area contributed by atoms with E-state index in [1.54, 1.807) is 31.7 Å². The predicted molar refractivity (Wildman–Crippen MR) is 124 cm³/mol. The third-order valence-corrected chi connectivity index (χ3v) is 6.31. The first kappa shape index (κ1) is 22.1. The van der Waals surface area contributed by atoms with Gasteiger partial charge >= 0.3 is 0 Å². The van der Waals surface area contributed by atoms with E-state index < -0.39 is 0 Å². The lowest BCUT2D eigenvalue weighted by Crippen LogP contribution is -2.46. The highest BCUT2D eigenvalue weighted by molar-refractivity contribution is 5.87. The van der Waals surface area contributed by atoms with Crippen LogP contribution in [0.5, 0.6) is 5.88 Å². The number of ether oxygens (including phenoxy) is 1. The van der Waals surface area contributed by atoms with Crippen LogP contribution in [-0.2, 0) is 4.79 Å². The SMILES string of the molecule is COc1cc(-c2c[nH]c(=O)c(N[C@H](C3CC3)C3CCCN(C(=O)/C=C/CN)C3)c2)ccn1. The zero-order chi connectivity index (χ0) is 22.5. The number of carbonyl (C=O) groups excluding carboxylic acids is 1. The van der Waals surface area contributed by atoms with Crippen molar-refractivity contribution in [1.29, 1.82) is 0 Å². The lowest BCUT2D eigenvalue weighted by Gasteiger charge is -2.37. The lowest BCUT2D eigenvalue weighted by atomic mass is 9.87. The molecule has 0 spiro atoms. The molecular weight excluding hydrogens is 406 g/mol. The molecule has 2 atom stereocenters. The maximum atomic E-state index is 12.6. The number of methoxy groups -OCH3 is 1. The number of aromatic amines is 1. The van der Waals surface area contributed by atoms with Crippen LogP contribution in [0.4, 0.5) is 5.69 Å². The summed E-state index contributed by atoms with van der Waals surface area (Å²) in [5.74, 6) is 1.37. The molecular formula is C24H31N5O3. The predicted octanol–water partition coefficient (Wildman–Crippen LogP) is 2.39. The first-order chi connectivity index (χ1) is 15.6. The molecule has 8 heteroatoms. The molecule has 0 radical (unpaired) electrons. The van der Waals surface area contributed by atoms with Gasteiger partial charge in [-0.25, -0.2) is 4.98 Å². The van der Waals surface area contributed by atoms with Crippen LogP contribution >= 0.6 is 0 Å². The summed E-state index contributed by atoms with van der Waals surface area (Å²) in [5.41, 5.74) is 7.70. The van der Waals surface area contributed by atoms with Crippen molar-refractivity contribution in [2.24, 2.45) is 17.6 Å². The summed E-state index contributed by atoms with van der Waals surface area (Å²) in [6.45, 7) is 1.82. The molecule has 1 saturated heterocycles. The number of nitrogens with two attached hydrogens (primary N) is 1. The number of H-pyrrole nitrogens is 1. The Kier molecular flexibility index (Phi) is 6.90. The molecule has 170 valence electrons. The number of piperidine rings is 1. The van der Waals surface area contributed by atoms with E-state index in [-0.39, 0.29) is 17.5 Å². The highest BCUT2D eigenvalue weighted by Crippen LogP contribution is 2.40. The van der Waals surface area contributed by atoms with Gasteiger partial charge in [-0.1, -0.05) is 6.08 Å². The van der Waals surface area contributed by atoms with Crippen molar-refractivity contribution in [1.82, 2.24) is 14.9 Å². The quantitative estimate of drug-likeness (QED) is 0.547. The fourth-order valence-corrected chi connectivity index (χ4v) is 4.49. The van der Waals surface area contributed by atoms with Crippen LogP contribution in [0, 0.1) is 11.8 Å². The summed E-state index contributed by atoms with van der Waals surface area (Å²) in [6.07, 6.45) is 11.0. The first-order valence-corrected chi connectivity index (χ1v) is 11.2. The van der Waals surface area contributed by atoms with Gasteiger partial charge in [0.2, 0.25) is 11.8 Å². The normalized spacial score (nSPS) is 19.7. The molecule has 0 bridgehead atoms. The molecule has 1 amide bonds. The smallest absolute Gasteiger partial charge is 0.271 e. The Balaban J connectivity index is 1.54. The molecule has 2 fully saturated rings. The monoisotopic (exact) mass is 437 g/mol. The minimum atomic E-state index is -0.143. The number of likely N-dealkylation sites (tertiary alicyclic amines) is 1. The van der Waals surface area contributed by atoms with Crippen LogP contribution in [0.1, 0.15) is 25.7 Å². The second-order valence-electron chi connectivity index (χ2n) is 8.55. The van der Waals surface area contributed by atoms with E-state index in [0.717, 1.165) is 43.4 Å². The number of carbonyl (C=O) groups is 1. The van der Waals surface area contributed by atoms with E-state index in [1.807, 2.05) is 23.1 Å². The van der Waals surface area contributed by atoms with Gasteiger partial charge in [-0.05, 0) is 55.2 Å². The Labute approximate surface area is 187 Å². The summed E-state index contributed by atoms with van der Waals surface area (Å²) in [4.78, 5) is 34.0. The third kappa shape index (κ3) is 5.19. The average molecular weight is 438 g/mol. The molecule has 1 saturated carbocycles. The van der Waals surface area contributed by atoms with Gasteiger partial charge in [0.05, 0.1) is 7.11 Å². The third-order valence-electron chi connectivity index (χ3n) is 6.31. The summed E-state index contributed by atoms with van der Waals surface area (Å²) < 4.78 is 5.23. The van der Waals surface area contributed by atoms with Crippen molar-refractivity contribution in [3.8, 4) is 17.0 Å². The average Bonchev–Trinajstić information content (AvgIpc) is 3.67. The van der Waals surface area contributed by atoms with Gasteiger partial charge in [-0.15, -0.1) is 0 Å². The highest BCUT2D eigenvalue weighted by Gasteiger charge is 2.39. The molecule has 4 rings (SSSR count). The van der Waals surface area contributed by atoms with Gasteiger partial charge in [0.25, 0.3) is 5.56 Å². The number of aromatic nitrogens is 2. The van der Waals surface area contributed by atoms with Crippen molar-refractivity contribution in [2.45, 2.75) is 31.7 Å². The maximum absolute atomic E-state index is 12.6. The van der Waals surface area contributed by atoms with E-state index in [2.05, 4.69) is 15.3 Å². The zero-order valence-electron chi connectivity index (χ0n) is 18.4. The van der Waals surface area contributed by atoms with Gasteiger partial charge in [-0.2, -0.15) is 0 Å². The molecule has 1 unspecified atom stereocenters. The van der Waals surface area contributed by atoms with Crippen LogP contribution < -0.4 is 21.3 Å². The number of hydrogen-bond donors (Lipinski definition) is 3. The van der Waals surface area contributed by atoms with E-state index in [4.69, 9.17) is 10.5 Å². The van der Waals surface area contributed by atoms with E-state index in [9.17, 15) is 9.59 Å². The van der Waals surface area contributed by atoms with Crippen molar-refractivity contribution < 1.29 is 9.53 Å². The first-order valence-electron chi connectivity index (χ1n) is 11.2. The number of hydrogen-bond acceptors (Lipinski definition) is 6. The lowest BCUT2D eigenvalue weighted by molar-refractivity contribution is -0.127. The van der Waals surface area contributed by atoms with Crippen LogP contribution in [0.2, 0.25) is 0 Å². The van der Waals surface area contributed by atoms with Crippen molar-refractivity contribution in [3.63, 3.8) is 0 Å². The molecule has 4 N–H and O–H groups in total. The highest BCUT2D eigenvalue weighted by atomic mass is 16.5. The molecule has 3 heterocycles. The van der Waals surface area contributed by atoms with Crippen molar-refractivity contribution in [3.05, 3.63) is 53.1 Å². The van der Waals surface area contributed by atoms with Gasteiger partial charge < -0.3 is 25.7 Å². The number of pyridine rings is 2. The largest absolute Gasteiger partial charge is 0.481 e. The molecule has 8 nitrogen and oxygen atoms in total. The number of rotatable bonds is 8. The Bertz CT molecular complexity index is 1030. The number of amides is 1. The van der Waals surface area contributed by atoms with Gasteiger partial charge in [-0.3, -0.25) is 9.59 Å². The van der Waals surface area contributed by atoms with Crippen LogP contribution in [0.25, 0.3) is 11.1 Å². The second kappa shape index (κ2) is 9.99. The Hall–Kier alpha value is -3.13. The van der Waals surface area contributed by atoms with Crippen LogP contribution in [0.3, 0.4) is 0 Å². The number of nitrogens with zero attached hydrogens (tertiary/aromatic N) is 2. The van der Waals surface area contributed by atoms with E-state index in [0.29, 0.717) is 36.5 Å². The van der Waals surface area contributed by atoms with Gasteiger partial charge in [0.15, 0.2) is 0 Å². The molecule has 2 aromatic heterocycles. The van der Waals surface area contributed by atoms with Crippen LogP contribution in [0.15, 0.2) is 47.5 Å². The molecule has 1 aliphatic carbocycles. The van der Waals surface area contributed by atoms with Crippen LogP contribution in [-0.4, -0.2) is 53.6 Å². The van der Waals surface area contributed by atoms with Gasteiger partial charge in [0.1, 0.15) is 5.69 Å². The topological polar surface area (TPSA) is 113 Å². The summed E-state index contributed by atoms with van der Waals surface area (Å²) in [6, 6.07) is 5.78. The summed E-state index contributed by atoms with van der Waals surface area (Å²) in [7, 11) is 1.58. The summed E-state index contributed by atoms with van der Waals surface area (Å²) >= 11 is 0. The number of nitrogens with one attached hydrogen (secondary N) is 2. The Morgan fingerprint density at radius 1 is 1.34 bits per heavy atom. The fourth-order valence-electron chi connectivity index (χ4n) is 4.49. The zero-order valence-corrected chi connectivity index (χ0v) is 18.4. The molecule has 32 heavy (non-hydrogen) atoms. The minimum absolute atomic E-state index is 0.0150. The van der Waals surface area contributed by atoms with E-state index >= 15 is 0 Å². The minimum Gasteiger partial charge on any atom is -0.481 e. The molecule has 2 aliphatic rings. The molecule has 2 aromatic rings. The van der Waals surface area contributed by atoms with Crippen molar-refractivity contribution in [2.75, 3.05) is 32.1 Å². The second-order valence-corrected chi connectivity index (χ2v) is 8.55. The maximum Gasteiger partial charge on any atom is 0.271 e. The fraction of sp³-hybridized carbons (Fsp3) is 0.458. The van der Waals surface area contributed by atoms with Crippen molar-refractivity contribution >= 4 is 11.6 Å². The molecule has 1 aliphatic heterocycles. The van der Waals surface area contributed by atoms with E-state index in [1.165, 1.54) is 0 Å².